The standard InChI is InChI=1S/C31H56N.BrH/c1-5-6-7-8-9-10-11-12-13-14-15-16-17-18-19-20-23-30-25-27-31(28-26-30)24-21-22-29-32(2,3)4;/h21-22,25-28H,5-20,23-24,29H2,1-4H3;1H/q+1;/p-1. The number of quaternary nitrogens is 1. The van der Waals surface area contributed by atoms with Crippen LogP contribution >= 0.6 is 0 Å². The molecular formula is C31H56BrN. The van der Waals surface area contributed by atoms with Crippen LogP contribution in [0.15, 0.2) is 36.4 Å². The van der Waals surface area contributed by atoms with Gasteiger partial charge in [0.25, 0.3) is 0 Å². The zero-order chi connectivity index (χ0) is 23.3. The van der Waals surface area contributed by atoms with Crippen molar-refractivity contribution < 1.29 is 21.5 Å². The lowest BCUT2D eigenvalue weighted by Gasteiger charge is -2.21. The molecule has 0 heterocycles. The number of rotatable bonds is 21. The van der Waals surface area contributed by atoms with Gasteiger partial charge < -0.3 is 21.5 Å². The third-order valence-corrected chi connectivity index (χ3v) is 6.52. The number of likely N-dealkylation sites (N-methyl/N-ethyl adjacent to an activating group) is 1. The van der Waals surface area contributed by atoms with Gasteiger partial charge in [-0.3, -0.25) is 0 Å². The molecule has 1 aromatic rings. The van der Waals surface area contributed by atoms with Crippen molar-refractivity contribution in [2.75, 3.05) is 27.7 Å². The summed E-state index contributed by atoms with van der Waals surface area (Å²) in [5.41, 5.74) is 2.94. The van der Waals surface area contributed by atoms with Gasteiger partial charge in [0.05, 0.1) is 27.7 Å². The SMILES string of the molecule is CCCCCCCCCCCCCCCCCCc1ccc(CC=CC[N+](C)(C)C)cc1.[Br-]. The second-order valence-electron chi connectivity index (χ2n) is 11.0. The minimum atomic E-state index is 0. The molecule has 1 rings (SSSR count). The Labute approximate surface area is 218 Å². The van der Waals surface area contributed by atoms with Crippen LogP contribution in [-0.4, -0.2) is 32.2 Å². The van der Waals surface area contributed by atoms with Crippen LogP contribution in [0.4, 0.5) is 0 Å². The zero-order valence-corrected chi connectivity index (χ0v) is 24.3. The Morgan fingerprint density at radius 3 is 1.36 bits per heavy atom. The smallest absolute Gasteiger partial charge is 0.0967 e. The van der Waals surface area contributed by atoms with Gasteiger partial charge >= 0.3 is 0 Å². The topological polar surface area (TPSA) is 0 Å². The first-order valence-corrected chi connectivity index (χ1v) is 14.0. The number of hydrogen-bond acceptors (Lipinski definition) is 0. The highest BCUT2D eigenvalue weighted by Gasteiger charge is 2.01. The van der Waals surface area contributed by atoms with Crippen LogP contribution in [0.1, 0.15) is 121 Å². The van der Waals surface area contributed by atoms with Crippen molar-refractivity contribution >= 4 is 0 Å². The maximum Gasteiger partial charge on any atom is 0.0967 e. The number of benzene rings is 1. The van der Waals surface area contributed by atoms with E-state index in [2.05, 4.69) is 64.5 Å². The molecule has 0 fully saturated rings. The van der Waals surface area contributed by atoms with E-state index in [4.69, 9.17) is 0 Å². The van der Waals surface area contributed by atoms with Crippen molar-refractivity contribution in [2.45, 2.75) is 122 Å². The van der Waals surface area contributed by atoms with Gasteiger partial charge in [-0.25, -0.2) is 0 Å². The number of halogens is 1. The fourth-order valence-corrected chi connectivity index (χ4v) is 4.33. The Balaban J connectivity index is 0.0000102. The molecule has 0 saturated heterocycles. The van der Waals surface area contributed by atoms with E-state index in [0.29, 0.717) is 0 Å². The van der Waals surface area contributed by atoms with Crippen LogP contribution in [0, 0.1) is 0 Å². The van der Waals surface area contributed by atoms with Gasteiger partial charge in [-0.2, -0.15) is 0 Å². The minimum absolute atomic E-state index is 0. The van der Waals surface area contributed by atoms with E-state index in [9.17, 15) is 0 Å². The Hall–Kier alpha value is -0.600. The van der Waals surface area contributed by atoms with Crippen LogP contribution in [0.2, 0.25) is 0 Å². The van der Waals surface area contributed by atoms with E-state index in [-0.39, 0.29) is 17.0 Å². The quantitative estimate of drug-likeness (QED) is 0.101. The predicted molar refractivity (Wildman–Crippen MR) is 145 cm³/mol. The molecule has 1 aromatic carbocycles. The van der Waals surface area contributed by atoms with Crippen molar-refractivity contribution in [1.29, 1.82) is 0 Å². The molecule has 192 valence electrons. The monoisotopic (exact) mass is 521 g/mol. The van der Waals surface area contributed by atoms with E-state index in [1.54, 1.807) is 0 Å². The first kappa shape index (κ1) is 32.4. The van der Waals surface area contributed by atoms with Crippen molar-refractivity contribution in [2.24, 2.45) is 0 Å². The zero-order valence-electron chi connectivity index (χ0n) is 22.7. The molecular weight excluding hydrogens is 466 g/mol. The van der Waals surface area contributed by atoms with Gasteiger partial charge in [-0.15, -0.1) is 0 Å². The van der Waals surface area contributed by atoms with Crippen LogP contribution in [-0.2, 0) is 12.8 Å². The largest absolute Gasteiger partial charge is 1.00 e. The predicted octanol–water partition coefficient (Wildman–Crippen LogP) is 6.30. The molecule has 0 atom stereocenters. The summed E-state index contributed by atoms with van der Waals surface area (Å²) in [6, 6.07) is 9.32. The summed E-state index contributed by atoms with van der Waals surface area (Å²) in [5, 5.41) is 0. The van der Waals surface area contributed by atoms with Gasteiger partial charge in [0, 0.05) is 0 Å². The van der Waals surface area contributed by atoms with E-state index in [1.807, 2.05) is 0 Å². The van der Waals surface area contributed by atoms with Gasteiger partial charge in [0.1, 0.15) is 0 Å². The highest BCUT2D eigenvalue weighted by Crippen LogP contribution is 2.15. The summed E-state index contributed by atoms with van der Waals surface area (Å²) in [6.45, 7) is 3.39. The van der Waals surface area contributed by atoms with Crippen molar-refractivity contribution in [1.82, 2.24) is 0 Å². The molecule has 2 heteroatoms. The summed E-state index contributed by atoms with van der Waals surface area (Å²) < 4.78 is 0.995. The van der Waals surface area contributed by atoms with Gasteiger partial charge in [-0.05, 0) is 36.5 Å². The summed E-state index contributed by atoms with van der Waals surface area (Å²) in [7, 11) is 6.70. The van der Waals surface area contributed by atoms with E-state index >= 15 is 0 Å². The summed E-state index contributed by atoms with van der Waals surface area (Å²) in [5.74, 6) is 0. The second-order valence-corrected chi connectivity index (χ2v) is 11.0. The van der Waals surface area contributed by atoms with E-state index in [0.717, 1.165) is 17.4 Å². The second kappa shape index (κ2) is 21.9. The fraction of sp³-hybridized carbons (Fsp3) is 0.742. The van der Waals surface area contributed by atoms with Crippen LogP contribution < -0.4 is 17.0 Å². The number of nitrogens with zero attached hydrogens (tertiary/aromatic N) is 1. The summed E-state index contributed by atoms with van der Waals surface area (Å²) in [4.78, 5) is 0. The lowest BCUT2D eigenvalue weighted by Crippen LogP contribution is -3.00. The molecule has 0 aliphatic heterocycles. The molecule has 0 radical (unpaired) electrons. The molecule has 0 spiro atoms. The van der Waals surface area contributed by atoms with E-state index in [1.165, 1.54) is 120 Å². The number of hydrogen-bond donors (Lipinski definition) is 0. The molecule has 0 saturated carbocycles. The first-order chi connectivity index (χ1) is 15.5. The molecule has 0 unspecified atom stereocenters. The minimum Gasteiger partial charge on any atom is -1.00 e. The third-order valence-electron chi connectivity index (χ3n) is 6.52. The maximum absolute atomic E-state index is 2.34. The Morgan fingerprint density at radius 2 is 0.939 bits per heavy atom. The van der Waals surface area contributed by atoms with E-state index < -0.39 is 0 Å². The normalized spacial score (nSPS) is 11.8. The highest BCUT2D eigenvalue weighted by molar-refractivity contribution is 5.24. The molecule has 0 aromatic heterocycles. The molecule has 0 aliphatic rings. The number of unbranched alkanes of at least 4 members (excludes halogenated alkanes) is 15. The first-order valence-electron chi connectivity index (χ1n) is 14.0. The summed E-state index contributed by atoms with van der Waals surface area (Å²) >= 11 is 0. The van der Waals surface area contributed by atoms with Gasteiger partial charge in [0.2, 0.25) is 0 Å². The van der Waals surface area contributed by atoms with Crippen molar-refractivity contribution in [3.63, 3.8) is 0 Å². The molecule has 0 amide bonds. The average Bonchev–Trinajstić information content (AvgIpc) is 2.76. The lowest BCUT2D eigenvalue weighted by molar-refractivity contribution is -0.864. The summed E-state index contributed by atoms with van der Waals surface area (Å²) in [6.07, 6.45) is 30.0. The molecule has 1 nitrogen and oxygen atoms in total. The average molecular weight is 523 g/mol. The fourth-order valence-electron chi connectivity index (χ4n) is 4.33. The Kier molecular flexibility index (Phi) is 21.5. The number of aryl methyl sites for hydroxylation is 1. The Morgan fingerprint density at radius 1 is 0.545 bits per heavy atom. The Bertz CT molecular complexity index is 555. The number of allylic oxidation sites excluding steroid dienone is 1. The lowest BCUT2D eigenvalue weighted by atomic mass is 10.0. The van der Waals surface area contributed by atoms with Crippen LogP contribution in [0.3, 0.4) is 0 Å². The van der Waals surface area contributed by atoms with Crippen LogP contribution in [0.5, 0.6) is 0 Å². The molecule has 0 bridgehead atoms. The van der Waals surface area contributed by atoms with Gasteiger partial charge in [0.15, 0.2) is 0 Å². The molecule has 33 heavy (non-hydrogen) atoms. The van der Waals surface area contributed by atoms with Crippen LogP contribution in [0.25, 0.3) is 0 Å². The highest BCUT2D eigenvalue weighted by atomic mass is 79.9. The maximum atomic E-state index is 2.34. The molecule has 0 aliphatic carbocycles. The van der Waals surface area contributed by atoms with Crippen molar-refractivity contribution in [3.8, 4) is 0 Å². The van der Waals surface area contributed by atoms with Gasteiger partial charge in [-0.1, -0.05) is 134 Å². The third kappa shape index (κ3) is 21.7. The van der Waals surface area contributed by atoms with Crippen molar-refractivity contribution in [3.05, 3.63) is 47.5 Å². The molecule has 0 N–H and O–H groups in total.